The Hall–Kier alpha value is -1.41. The van der Waals surface area contributed by atoms with Gasteiger partial charge in [0.25, 0.3) is 5.92 Å². The molecule has 0 aliphatic heterocycles. The van der Waals surface area contributed by atoms with Crippen molar-refractivity contribution in [1.29, 1.82) is 0 Å². The lowest BCUT2D eigenvalue weighted by Gasteiger charge is -2.36. The molecule has 1 spiro atoms. The fourth-order valence-corrected chi connectivity index (χ4v) is 2.60. The van der Waals surface area contributed by atoms with Crippen molar-refractivity contribution in [1.82, 2.24) is 5.32 Å². The fourth-order valence-electron chi connectivity index (χ4n) is 2.60. The van der Waals surface area contributed by atoms with Gasteiger partial charge in [0.2, 0.25) is 0 Å². The summed E-state index contributed by atoms with van der Waals surface area (Å²) in [4.78, 5) is 21.1. The van der Waals surface area contributed by atoms with Crippen LogP contribution in [0, 0.1) is 11.3 Å². The molecule has 0 heterocycles. The quantitative estimate of drug-likeness (QED) is 0.742. The molecule has 0 aromatic rings. The molecule has 2 aliphatic carbocycles. The van der Waals surface area contributed by atoms with E-state index in [4.69, 9.17) is 5.11 Å². The molecule has 2 saturated carbocycles. The third-order valence-corrected chi connectivity index (χ3v) is 3.56. The highest BCUT2D eigenvalue weighted by atomic mass is 19.4. The van der Waals surface area contributed by atoms with E-state index in [1.165, 1.54) is 0 Å². The molecular formula is C9H8F5NO3. The van der Waals surface area contributed by atoms with Gasteiger partial charge < -0.3 is 10.4 Å². The minimum atomic E-state index is -5.07. The monoisotopic (exact) mass is 273 g/mol. The minimum Gasteiger partial charge on any atom is -0.481 e. The topological polar surface area (TPSA) is 66.4 Å². The van der Waals surface area contributed by atoms with Crippen LogP contribution in [0.4, 0.5) is 22.0 Å². The van der Waals surface area contributed by atoms with E-state index < -0.39 is 54.2 Å². The summed E-state index contributed by atoms with van der Waals surface area (Å²) in [6.45, 7) is 0. The lowest BCUT2D eigenvalue weighted by Crippen LogP contribution is -2.51. The van der Waals surface area contributed by atoms with Crippen LogP contribution in [0.1, 0.15) is 12.8 Å². The standard InChI is InChI=1S/C9H8F5NO3/c10-8(11)4(5(16)17)7(8)1-3(2-7)15-6(18)9(12,13)14/h3-4H,1-2H2,(H,15,18)(H,16,17). The van der Waals surface area contributed by atoms with Gasteiger partial charge in [0, 0.05) is 6.04 Å². The fraction of sp³-hybridized carbons (Fsp3) is 0.778. The summed E-state index contributed by atoms with van der Waals surface area (Å²) in [6, 6.07) is -1.05. The van der Waals surface area contributed by atoms with Crippen molar-refractivity contribution < 1.29 is 36.6 Å². The molecular weight excluding hydrogens is 265 g/mol. The highest BCUT2D eigenvalue weighted by molar-refractivity contribution is 5.82. The van der Waals surface area contributed by atoms with E-state index >= 15 is 0 Å². The van der Waals surface area contributed by atoms with E-state index in [1.807, 2.05) is 0 Å². The number of carbonyl (C=O) groups excluding carboxylic acids is 1. The van der Waals surface area contributed by atoms with Crippen LogP contribution in [-0.2, 0) is 9.59 Å². The molecule has 1 unspecified atom stereocenters. The van der Waals surface area contributed by atoms with Crippen LogP contribution >= 0.6 is 0 Å². The van der Waals surface area contributed by atoms with E-state index in [0.717, 1.165) is 0 Å². The van der Waals surface area contributed by atoms with Crippen molar-refractivity contribution in [2.75, 3.05) is 0 Å². The number of halogens is 5. The third kappa shape index (κ3) is 1.56. The zero-order valence-corrected chi connectivity index (χ0v) is 8.72. The maximum atomic E-state index is 13.2. The normalized spacial score (nSPS) is 36.9. The van der Waals surface area contributed by atoms with Gasteiger partial charge in [0.05, 0.1) is 5.41 Å². The van der Waals surface area contributed by atoms with Gasteiger partial charge in [-0.25, -0.2) is 8.78 Å². The molecule has 2 rings (SSSR count). The Morgan fingerprint density at radius 2 is 1.72 bits per heavy atom. The number of carbonyl (C=O) groups is 2. The van der Waals surface area contributed by atoms with Crippen LogP contribution in [0.15, 0.2) is 0 Å². The second kappa shape index (κ2) is 3.33. The first-order valence-corrected chi connectivity index (χ1v) is 5.01. The molecule has 0 saturated heterocycles. The largest absolute Gasteiger partial charge is 0.481 e. The molecule has 9 heteroatoms. The smallest absolute Gasteiger partial charge is 0.471 e. The molecule has 0 aromatic heterocycles. The summed E-state index contributed by atoms with van der Waals surface area (Å²) in [6.07, 6.45) is -5.96. The van der Waals surface area contributed by atoms with Gasteiger partial charge in [-0.05, 0) is 12.8 Å². The lowest BCUT2D eigenvalue weighted by molar-refractivity contribution is -0.175. The van der Waals surface area contributed by atoms with Gasteiger partial charge in [-0.2, -0.15) is 13.2 Å². The van der Waals surface area contributed by atoms with Gasteiger partial charge in [-0.3, -0.25) is 9.59 Å². The number of hydrogen-bond donors (Lipinski definition) is 2. The first-order valence-electron chi connectivity index (χ1n) is 5.01. The summed E-state index contributed by atoms with van der Waals surface area (Å²) in [5.74, 6) is -9.12. The van der Waals surface area contributed by atoms with E-state index in [9.17, 15) is 31.5 Å². The summed E-state index contributed by atoms with van der Waals surface area (Å²) in [7, 11) is 0. The van der Waals surface area contributed by atoms with E-state index in [0.29, 0.717) is 0 Å². The number of carboxylic acid groups (broad SMARTS) is 1. The number of alkyl halides is 5. The van der Waals surface area contributed by atoms with E-state index in [-0.39, 0.29) is 0 Å². The van der Waals surface area contributed by atoms with Crippen LogP contribution in [0.3, 0.4) is 0 Å². The van der Waals surface area contributed by atoms with Crippen LogP contribution in [0.2, 0.25) is 0 Å². The number of aliphatic carboxylic acids is 1. The third-order valence-electron chi connectivity index (χ3n) is 3.56. The average Bonchev–Trinajstić information content (AvgIpc) is 2.60. The van der Waals surface area contributed by atoms with Crippen LogP contribution in [0.5, 0.6) is 0 Å². The van der Waals surface area contributed by atoms with Crippen LogP contribution in [-0.4, -0.2) is 35.1 Å². The molecule has 2 fully saturated rings. The van der Waals surface area contributed by atoms with Gasteiger partial charge >= 0.3 is 18.1 Å². The first-order chi connectivity index (χ1) is 8.02. The predicted molar refractivity (Wildman–Crippen MR) is 45.7 cm³/mol. The number of rotatable bonds is 2. The molecule has 102 valence electrons. The van der Waals surface area contributed by atoms with Crippen molar-refractivity contribution in [3.63, 3.8) is 0 Å². The zero-order valence-electron chi connectivity index (χ0n) is 8.72. The second-order valence-corrected chi connectivity index (χ2v) is 4.63. The maximum absolute atomic E-state index is 13.2. The minimum absolute atomic E-state index is 0.446. The summed E-state index contributed by atoms with van der Waals surface area (Å²) >= 11 is 0. The van der Waals surface area contributed by atoms with Crippen LogP contribution in [0.25, 0.3) is 0 Å². The lowest BCUT2D eigenvalue weighted by atomic mass is 9.74. The molecule has 1 amide bonds. The Morgan fingerprint density at radius 1 is 1.22 bits per heavy atom. The van der Waals surface area contributed by atoms with E-state index in [2.05, 4.69) is 0 Å². The summed E-state index contributed by atoms with van der Waals surface area (Å²) in [5.41, 5.74) is -1.78. The van der Waals surface area contributed by atoms with Gasteiger partial charge in [-0.15, -0.1) is 0 Å². The Balaban J connectivity index is 1.93. The van der Waals surface area contributed by atoms with Crippen molar-refractivity contribution in [3.8, 4) is 0 Å². The predicted octanol–water partition coefficient (Wildman–Crippen LogP) is 1.16. The number of amides is 1. The molecule has 0 radical (unpaired) electrons. The van der Waals surface area contributed by atoms with Crippen molar-refractivity contribution >= 4 is 11.9 Å². The molecule has 2 aliphatic rings. The highest BCUT2D eigenvalue weighted by Gasteiger charge is 2.87. The van der Waals surface area contributed by atoms with Crippen molar-refractivity contribution in [2.45, 2.75) is 31.0 Å². The Kier molecular flexibility index (Phi) is 2.41. The first kappa shape index (κ1) is 13.0. The van der Waals surface area contributed by atoms with E-state index in [1.54, 1.807) is 5.32 Å². The number of hydrogen-bond acceptors (Lipinski definition) is 2. The molecule has 18 heavy (non-hydrogen) atoms. The molecule has 1 atom stereocenters. The van der Waals surface area contributed by atoms with Crippen molar-refractivity contribution in [2.24, 2.45) is 11.3 Å². The Bertz CT molecular complexity index is 413. The molecule has 0 aromatic carbocycles. The number of nitrogens with one attached hydrogen (secondary N) is 1. The number of carboxylic acids is 1. The Labute approximate surface area is 97.1 Å². The zero-order chi connectivity index (χ0) is 13.9. The van der Waals surface area contributed by atoms with Crippen LogP contribution < -0.4 is 5.32 Å². The Morgan fingerprint density at radius 3 is 2.06 bits per heavy atom. The molecule has 0 bridgehead atoms. The van der Waals surface area contributed by atoms with Crippen molar-refractivity contribution in [3.05, 3.63) is 0 Å². The van der Waals surface area contributed by atoms with Gasteiger partial charge in [0.1, 0.15) is 5.92 Å². The highest BCUT2D eigenvalue weighted by Crippen LogP contribution is 2.75. The SMILES string of the molecule is O=C(O)C1C(F)(F)C12CC(NC(=O)C(F)(F)F)C2. The molecule has 4 nitrogen and oxygen atoms in total. The second-order valence-electron chi connectivity index (χ2n) is 4.63. The maximum Gasteiger partial charge on any atom is 0.471 e. The van der Waals surface area contributed by atoms with Gasteiger partial charge in [-0.1, -0.05) is 0 Å². The average molecular weight is 273 g/mol. The summed E-state index contributed by atoms with van der Waals surface area (Å²) < 4.78 is 62.0. The van der Waals surface area contributed by atoms with Gasteiger partial charge in [0.15, 0.2) is 0 Å². The molecule has 2 N–H and O–H groups in total. The summed E-state index contributed by atoms with van der Waals surface area (Å²) in [5, 5.41) is 10.1.